The van der Waals surface area contributed by atoms with Crippen LogP contribution >= 0.6 is 0 Å². The summed E-state index contributed by atoms with van der Waals surface area (Å²) < 4.78 is 5.40. The van der Waals surface area contributed by atoms with Gasteiger partial charge in [-0.05, 0) is 25.1 Å². The molecule has 6 heteroatoms. The maximum atomic E-state index is 5.92. The predicted octanol–water partition coefficient (Wildman–Crippen LogP) is 1.81. The van der Waals surface area contributed by atoms with Crippen LogP contribution in [0.3, 0.4) is 0 Å². The summed E-state index contributed by atoms with van der Waals surface area (Å²) in [5.41, 5.74) is 10.9. The van der Waals surface area contributed by atoms with Gasteiger partial charge in [0.2, 0.25) is 0 Å². The van der Waals surface area contributed by atoms with Crippen LogP contribution < -0.4 is 10.6 Å². The molecule has 3 rings (SSSR count). The smallest absolute Gasteiger partial charge is 0.119 e. The zero-order valence-electron chi connectivity index (χ0n) is 12.8. The SMILES string of the molecule is CN=CC(=C(C)N)c1cnc2ccc(N3CCOC3)cc2n1. The molecule has 0 spiro atoms. The van der Waals surface area contributed by atoms with Crippen LogP contribution in [0.4, 0.5) is 5.69 Å². The second kappa shape index (κ2) is 6.11. The highest BCUT2D eigenvalue weighted by atomic mass is 16.5. The van der Waals surface area contributed by atoms with Gasteiger partial charge in [0.25, 0.3) is 0 Å². The van der Waals surface area contributed by atoms with Crippen molar-refractivity contribution in [3.8, 4) is 0 Å². The van der Waals surface area contributed by atoms with Gasteiger partial charge in [-0.25, -0.2) is 4.98 Å². The van der Waals surface area contributed by atoms with Crippen molar-refractivity contribution in [1.29, 1.82) is 0 Å². The zero-order valence-corrected chi connectivity index (χ0v) is 12.8. The van der Waals surface area contributed by atoms with Gasteiger partial charge in [-0.15, -0.1) is 0 Å². The Labute approximate surface area is 129 Å². The lowest BCUT2D eigenvalue weighted by Gasteiger charge is -2.16. The zero-order chi connectivity index (χ0) is 15.5. The first-order chi connectivity index (χ1) is 10.7. The van der Waals surface area contributed by atoms with Gasteiger partial charge in [-0.2, -0.15) is 0 Å². The minimum absolute atomic E-state index is 0.619. The summed E-state index contributed by atoms with van der Waals surface area (Å²) in [7, 11) is 1.71. The van der Waals surface area contributed by atoms with E-state index in [1.807, 2.05) is 25.1 Å². The Bertz CT molecular complexity index is 743. The summed E-state index contributed by atoms with van der Waals surface area (Å²) in [6.45, 7) is 4.11. The minimum Gasteiger partial charge on any atom is -0.402 e. The van der Waals surface area contributed by atoms with Gasteiger partial charge in [0.1, 0.15) is 6.73 Å². The van der Waals surface area contributed by atoms with Crippen LogP contribution in [0.15, 0.2) is 35.1 Å². The molecule has 1 saturated heterocycles. The number of aromatic nitrogens is 2. The van der Waals surface area contributed by atoms with Crippen molar-refractivity contribution in [3.05, 3.63) is 35.8 Å². The normalized spacial score (nSPS) is 16.5. The average molecular weight is 297 g/mol. The first kappa shape index (κ1) is 14.5. The Morgan fingerprint density at radius 2 is 2.27 bits per heavy atom. The number of rotatable bonds is 3. The number of nitrogens with zero attached hydrogens (tertiary/aromatic N) is 4. The molecule has 0 unspecified atom stereocenters. The van der Waals surface area contributed by atoms with Gasteiger partial charge in [-0.3, -0.25) is 9.98 Å². The van der Waals surface area contributed by atoms with Gasteiger partial charge < -0.3 is 15.4 Å². The Kier molecular flexibility index (Phi) is 4.02. The summed E-state index contributed by atoms with van der Waals surface area (Å²) in [5.74, 6) is 0. The molecule has 114 valence electrons. The quantitative estimate of drug-likeness (QED) is 0.874. The Morgan fingerprint density at radius 3 is 2.95 bits per heavy atom. The van der Waals surface area contributed by atoms with E-state index >= 15 is 0 Å². The third kappa shape index (κ3) is 2.78. The number of fused-ring (bicyclic) bond motifs is 1. The second-order valence-electron chi connectivity index (χ2n) is 5.21. The fourth-order valence-electron chi connectivity index (χ4n) is 2.44. The number of benzene rings is 1. The average Bonchev–Trinajstić information content (AvgIpc) is 3.05. The molecule has 0 radical (unpaired) electrons. The van der Waals surface area contributed by atoms with Crippen molar-refractivity contribution < 1.29 is 4.74 Å². The third-order valence-electron chi connectivity index (χ3n) is 3.60. The molecule has 1 aromatic carbocycles. The number of anilines is 1. The maximum Gasteiger partial charge on any atom is 0.119 e. The van der Waals surface area contributed by atoms with E-state index in [0.29, 0.717) is 12.4 Å². The van der Waals surface area contributed by atoms with E-state index in [1.165, 1.54) is 0 Å². The fraction of sp³-hybridized carbons (Fsp3) is 0.312. The van der Waals surface area contributed by atoms with Crippen molar-refractivity contribution in [3.63, 3.8) is 0 Å². The highest BCUT2D eigenvalue weighted by Crippen LogP contribution is 2.23. The van der Waals surface area contributed by atoms with Crippen LogP contribution in [0, 0.1) is 0 Å². The molecule has 0 atom stereocenters. The van der Waals surface area contributed by atoms with Gasteiger partial charge in [0.15, 0.2) is 0 Å². The van der Waals surface area contributed by atoms with E-state index in [9.17, 15) is 0 Å². The molecule has 2 heterocycles. The van der Waals surface area contributed by atoms with Crippen LogP contribution in [-0.2, 0) is 4.74 Å². The molecule has 2 N–H and O–H groups in total. The number of ether oxygens (including phenoxy) is 1. The molecular weight excluding hydrogens is 278 g/mol. The van der Waals surface area contributed by atoms with Crippen LogP contribution in [0.5, 0.6) is 0 Å². The minimum atomic E-state index is 0.619. The largest absolute Gasteiger partial charge is 0.402 e. The molecule has 1 aliphatic rings. The van der Waals surface area contributed by atoms with Crippen LogP contribution in [-0.4, -0.2) is 43.1 Å². The summed E-state index contributed by atoms with van der Waals surface area (Å²) in [6, 6.07) is 6.06. The Morgan fingerprint density at radius 1 is 1.41 bits per heavy atom. The Balaban J connectivity index is 2.05. The van der Waals surface area contributed by atoms with Gasteiger partial charge in [0.05, 0.1) is 29.5 Å². The number of aliphatic imine (C=N–C) groups is 1. The maximum absolute atomic E-state index is 5.92. The van der Waals surface area contributed by atoms with Gasteiger partial charge in [-0.1, -0.05) is 0 Å². The molecule has 0 aliphatic carbocycles. The lowest BCUT2D eigenvalue weighted by molar-refractivity contribution is 0.201. The number of allylic oxidation sites excluding steroid dienone is 2. The summed E-state index contributed by atoms with van der Waals surface area (Å²) >= 11 is 0. The number of hydrogen-bond acceptors (Lipinski definition) is 6. The molecule has 22 heavy (non-hydrogen) atoms. The van der Waals surface area contributed by atoms with Crippen molar-refractivity contribution in [2.75, 3.05) is 31.8 Å². The molecule has 2 aromatic rings. The Hall–Kier alpha value is -2.47. The van der Waals surface area contributed by atoms with E-state index in [0.717, 1.165) is 41.1 Å². The molecule has 6 nitrogen and oxygen atoms in total. The first-order valence-electron chi connectivity index (χ1n) is 7.17. The first-order valence-corrected chi connectivity index (χ1v) is 7.17. The van der Waals surface area contributed by atoms with Gasteiger partial charge >= 0.3 is 0 Å². The van der Waals surface area contributed by atoms with Crippen molar-refractivity contribution >= 4 is 28.5 Å². The van der Waals surface area contributed by atoms with E-state index < -0.39 is 0 Å². The standard InChI is InChI=1S/C16H19N5O/c1-11(17)13(8-18-2)16-9-19-14-4-3-12(7-15(14)20-16)21-5-6-22-10-21/h3-4,7-9H,5-6,10,17H2,1-2H3. The number of nitrogens with two attached hydrogens (primary N) is 1. The third-order valence-corrected chi connectivity index (χ3v) is 3.60. The predicted molar refractivity (Wildman–Crippen MR) is 88.9 cm³/mol. The fourth-order valence-corrected chi connectivity index (χ4v) is 2.44. The number of hydrogen-bond donors (Lipinski definition) is 1. The second-order valence-corrected chi connectivity index (χ2v) is 5.21. The van der Waals surface area contributed by atoms with Crippen LogP contribution in [0.25, 0.3) is 16.6 Å². The molecule has 0 bridgehead atoms. The van der Waals surface area contributed by atoms with Crippen LogP contribution in [0.2, 0.25) is 0 Å². The van der Waals surface area contributed by atoms with Crippen molar-refractivity contribution in [1.82, 2.24) is 9.97 Å². The molecule has 0 saturated carbocycles. The highest BCUT2D eigenvalue weighted by molar-refractivity contribution is 6.10. The molecular formula is C16H19N5O. The van der Waals surface area contributed by atoms with Crippen molar-refractivity contribution in [2.45, 2.75) is 6.92 Å². The molecule has 1 fully saturated rings. The van der Waals surface area contributed by atoms with Crippen LogP contribution in [0.1, 0.15) is 12.6 Å². The topological polar surface area (TPSA) is 76.6 Å². The van der Waals surface area contributed by atoms with Gasteiger partial charge in [0, 0.05) is 36.8 Å². The lowest BCUT2D eigenvalue weighted by atomic mass is 10.1. The van der Waals surface area contributed by atoms with E-state index in [4.69, 9.17) is 10.5 Å². The van der Waals surface area contributed by atoms with Crippen molar-refractivity contribution in [2.24, 2.45) is 10.7 Å². The van der Waals surface area contributed by atoms with E-state index in [2.05, 4.69) is 19.9 Å². The van der Waals surface area contributed by atoms with E-state index in [1.54, 1.807) is 19.5 Å². The lowest BCUT2D eigenvalue weighted by Crippen LogP contribution is -2.18. The molecule has 1 aromatic heterocycles. The summed E-state index contributed by atoms with van der Waals surface area (Å²) in [6.07, 6.45) is 3.44. The molecule has 0 amide bonds. The summed E-state index contributed by atoms with van der Waals surface area (Å²) in [5, 5.41) is 0. The van der Waals surface area contributed by atoms with E-state index in [-0.39, 0.29) is 0 Å². The summed E-state index contributed by atoms with van der Waals surface area (Å²) in [4.78, 5) is 15.4. The highest BCUT2D eigenvalue weighted by Gasteiger charge is 2.14. The molecule has 1 aliphatic heterocycles. The monoisotopic (exact) mass is 297 g/mol.